The molecule has 0 aromatic heterocycles. The van der Waals surface area contributed by atoms with Gasteiger partial charge < -0.3 is 19.7 Å². The lowest BCUT2D eigenvalue weighted by molar-refractivity contribution is -0.384. The van der Waals surface area contributed by atoms with E-state index in [0.717, 1.165) is 30.1 Å². The highest BCUT2D eigenvalue weighted by Gasteiger charge is 2.16. The number of likely N-dealkylation sites (tertiary alicyclic amines) is 1. The molecule has 1 fully saturated rings. The van der Waals surface area contributed by atoms with Gasteiger partial charge >= 0.3 is 0 Å². The van der Waals surface area contributed by atoms with Gasteiger partial charge in [0.1, 0.15) is 6.61 Å². The van der Waals surface area contributed by atoms with Gasteiger partial charge in [0.25, 0.3) is 5.69 Å². The van der Waals surface area contributed by atoms with Crippen LogP contribution < -0.4 is 14.8 Å². The highest BCUT2D eigenvalue weighted by Crippen LogP contribution is 2.29. The number of nitrogens with zero attached hydrogens (tertiary/aromatic N) is 2. The van der Waals surface area contributed by atoms with Gasteiger partial charge in [-0.1, -0.05) is 6.07 Å². The molecule has 1 aliphatic rings. The van der Waals surface area contributed by atoms with E-state index in [0.29, 0.717) is 18.1 Å². The van der Waals surface area contributed by atoms with Gasteiger partial charge in [0.05, 0.1) is 12.0 Å². The molecule has 0 saturated carbocycles. The highest BCUT2D eigenvalue weighted by atomic mass is 16.6. The van der Waals surface area contributed by atoms with Crippen LogP contribution in [0.15, 0.2) is 42.5 Å². The lowest BCUT2D eigenvalue weighted by Crippen LogP contribution is -2.34. The van der Waals surface area contributed by atoms with Crippen molar-refractivity contribution in [2.24, 2.45) is 5.92 Å². The largest absolute Gasteiger partial charge is 0.493 e. The van der Waals surface area contributed by atoms with E-state index in [1.165, 1.54) is 38.1 Å². The summed E-state index contributed by atoms with van der Waals surface area (Å²) in [6.07, 6.45) is 2.50. The van der Waals surface area contributed by atoms with Crippen molar-refractivity contribution < 1.29 is 14.4 Å². The smallest absolute Gasteiger partial charge is 0.269 e. The lowest BCUT2D eigenvalue weighted by atomic mass is 9.97. The lowest BCUT2D eigenvalue weighted by Gasteiger charge is -2.29. The number of nitro benzene ring substituents is 1. The van der Waals surface area contributed by atoms with Crippen molar-refractivity contribution in [2.75, 3.05) is 33.8 Å². The molecule has 0 bridgehead atoms. The molecule has 1 aliphatic heterocycles. The Bertz CT molecular complexity index is 802. The third kappa shape index (κ3) is 6.17. The van der Waals surface area contributed by atoms with Crippen LogP contribution in [0.2, 0.25) is 0 Å². The zero-order valence-corrected chi connectivity index (χ0v) is 17.1. The second kappa shape index (κ2) is 10.2. The number of nitrogens with one attached hydrogen (secondary N) is 1. The minimum Gasteiger partial charge on any atom is -0.493 e. The normalized spacial score (nSPS) is 15.2. The Balaban J connectivity index is 1.50. The molecule has 1 heterocycles. The topological polar surface area (TPSA) is 76.9 Å². The van der Waals surface area contributed by atoms with E-state index >= 15 is 0 Å². The van der Waals surface area contributed by atoms with Gasteiger partial charge in [-0.25, -0.2) is 0 Å². The number of methoxy groups -OCH3 is 1. The van der Waals surface area contributed by atoms with E-state index in [-0.39, 0.29) is 5.69 Å². The van der Waals surface area contributed by atoms with Crippen LogP contribution in [0.5, 0.6) is 11.5 Å². The second-order valence-corrected chi connectivity index (χ2v) is 7.57. The van der Waals surface area contributed by atoms with Crippen molar-refractivity contribution in [1.82, 2.24) is 10.2 Å². The molecule has 0 atom stereocenters. The van der Waals surface area contributed by atoms with Crippen LogP contribution in [0, 0.1) is 16.0 Å². The number of piperidine rings is 1. The Morgan fingerprint density at radius 2 is 1.79 bits per heavy atom. The third-order valence-corrected chi connectivity index (χ3v) is 5.37. The van der Waals surface area contributed by atoms with E-state index in [4.69, 9.17) is 9.47 Å². The number of hydrogen-bond acceptors (Lipinski definition) is 6. The maximum Gasteiger partial charge on any atom is 0.269 e. The van der Waals surface area contributed by atoms with Gasteiger partial charge in [0, 0.05) is 18.7 Å². The van der Waals surface area contributed by atoms with Crippen LogP contribution in [0.1, 0.15) is 24.0 Å². The van der Waals surface area contributed by atoms with Gasteiger partial charge in [0.2, 0.25) is 0 Å². The van der Waals surface area contributed by atoms with Gasteiger partial charge in [-0.3, -0.25) is 10.1 Å². The van der Waals surface area contributed by atoms with Gasteiger partial charge in [-0.15, -0.1) is 0 Å². The monoisotopic (exact) mass is 399 g/mol. The Hall–Kier alpha value is -2.64. The fourth-order valence-electron chi connectivity index (χ4n) is 3.50. The first-order valence-corrected chi connectivity index (χ1v) is 9.97. The fourth-order valence-corrected chi connectivity index (χ4v) is 3.50. The minimum absolute atomic E-state index is 0.0726. The first-order chi connectivity index (χ1) is 14.0. The van der Waals surface area contributed by atoms with E-state index in [2.05, 4.69) is 17.3 Å². The molecular formula is C22H29N3O4. The number of hydrogen-bond donors (Lipinski definition) is 1. The Labute approximate surface area is 171 Å². The van der Waals surface area contributed by atoms with Crippen LogP contribution in [0.25, 0.3) is 0 Å². The SMILES string of the molecule is COc1cc(CNCC2CCN(C)CC2)ccc1OCc1ccc([N+](=O)[O-])cc1. The number of ether oxygens (including phenoxy) is 2. The summed E-state index contributed by atoms with van der Waals surface area (Å²) in [5, 5.41) is 14.3. The summed E-state index contributed by atoms with van der Waals surface area (Å²) < 4.78 is 11.3. The number of non-ortho nitro benzene ring substituents is 1. The standard InChI is InChI=1S/C22H29N3O4/c1-24-11-9-17(10-12-24)14-23-15-19-5-8-21(22(13-19)28-2)29-16-18-3-6-20(7-4-18)25(26)27/h3-8,13,17,23H,9-12,14-16H2,1-2H3. The van der Waals surface area contributed by atoms with Crippen molar-refractivity contribution >= 4 is 5.69 Å². The fraction of sp³-hybridized carbons (Fsp3) is 0.455. The van der Waals surface area contributed by atoms with E-state index < -0.39 is 4.92 Å². The van der Waals surface area contributed by atoms with E-state index in [1.807, 2.05) is 18.2 Å². The first-order valence-electron chi connectivity index (χ1n) is 9.97. The molecule has 2 aromatic rings. The predicted octanol–water partition coefficient (Wildman–Crippen LogP) is 3.61. The molecule has 0 unspecified atom stereocenters. The molecule has 7 heteroatoms. The van der Waals surface area contributed by atoms with Crippen molar-refractivity contribution in [3.05, 3.63) is 63.7 Å². The molecule has 1 N–H and O–H groups in total. The summed E-state index contributed by atoms with van der Waals surface area (Å²) >= 11 is 0. The summed E-state index contributed by atoms with van der Waals surface area (Å²) in [5.74, 6) is 2.09. The van der Waals surface area contributed by atoms with Crippen LogP contribution in [0.3, 0.4) is 0 Å². The average molecular weight is 399 g/mol. The summed E-state index contributed by atoms with van der Waals surface area (Å²) in [6.45, 7) is 4.52. The molecule has 7 nitrogen and oxygen atoms in total. The Kier molecular flexibility index (Phi) is 7.43. The van der Waals surface area contributed by atoms with Crippen LogP contribution >= 0.6 is 0 Å². The summed E-state index contributed by atoms with van der Waals surface area (Å²) in [4.78, 5) is 12.7. The average Bonchev–Trinajstić information content (AvgIpc) is 2.74. The van der Waals surface area contributed by atoms with E-state index in [1.54, 1.807) is 19.2 Å². The summed E-state index contributed by atoms with van der Waals surface area (Å²) in [6, 6.07) is 12.3. The molecule has 1 saturated heterocycles. The molecule has 29 heavy (non-hydrogen) atoms. The number of rotatable bonds is 9. The molecular weight excluding hydrogens is 370 g/mol. The molecule has 0 amide bonds. The molecule has 0 radical (unpaired) electrons. The quantitative estimate of drug-likeness (QED) is 0.513. The van der Waals surface area contributed by atoms with Gasteiger partial charge in [0.15, 0.2) is 11.5 Å². The van der Waals surface area contributed by atoms with Gasteiger partial charge in [-0.05, 0) is 80.8 Å². The predicted molar refractivity (Wildman–Crippen MR) is 112 cm³/mol. The molecule has 0 spiro atoms. The third-order valence-electron chi connectivity index (χ3n) is 5.37. The highest BCUT2D eigenvalue weighted by molar-refractivity contribution is 5.43. The van der Waals surface area contributed by atoms with Crippen molar-refractivity contribution in [3.8, 4) is 11.5 Å². The van der Waals surface area contributed by atoms with Crippen LogP contribution in [0.4, 0.5) is 5.69 Å². The van der Waals surface area contributed by atoms with E-state index in [9.17, 15) is 10.1 Å². The molecule has 156 valence electrons. The zero-order chi connectivity index (χ0) is 20.6. The number of benzene rings is 2. The Morgan fingerprint density at radius 1 is 1.10 bits per heavy atom. The van der Waals surface area contributed by atoms with Crippen LogP contribution in [-0.4, -0.2) is 43.6 Å². The van der Waals surface area contributed by atoms with Crippen molar-refractivity contribution in [1.29, 1.82) is 0 Å². The van der Waals surface area contributed by atoms with Crippen molar-refractivity contribution in [2.45, 2.75) is 26.0 Å². The molecule has 0 aliphatic carbocycles. The summed E-state index contributed by atoms with van der Waals surface area (Å²) in [5.41, 5.74) is 2.09. The maximum absolute atomic E-state index is 10.7. The molecule has 2 aromatic carbocycles. The van der Waals surface area contributed by atoms with Crippen LogP contribution in [-0.2, 0) is 13.2 Å². The first kappa shape index (κ1) is 21.1. The maximum atomic E-state index is 10.7. The second-order valence-electron chi connectivity index (χ2n) is 7.57. The summed E-state index contributed by atoms with van der Waals surface area (Å²) in [7, 11) is 3.81. The Morgan fingerprint density at radius 3 is 2.45 bits per heavy atom. The molecule has 3 rings (SSSR count). The van der Waals surface area contributed by atoms with Gasteiger partial charge in [-0.2, -0.15) is 0 Å². The zero-order valence-electron chi connectivity index (χ0n) is 17.1. The number of nitro groups is 1. The van der Waals surface area contributed by atoms with Crippen molar-refractivity contribution in [3.63, 3.8) is 0 Å². The minimum atomic E-state index is -0.410.